The predicted molar refractivity (Wildman–Crippen MR) is 71.8 cm³/mol. The van der Waals surface area contributed by atoms with Crippen LogP contribution in [0.2, 0.25) is 5.15 Å². The second-order valence-electron chi connectivity index (χ2n) is 3.94. The molecule has 0 aromatic carbocycles. The van der Waals surface area contributed by atoms with Gasteiger partial charge in [0.1, 0.15) is 5.15 Å². The summed E-state index contributed by atoms with van der Waals surface area (Å²) in [5, 5.41) is 3.67. The molecule has 2 aromatic heterocycles. The lowest BCUT2D eigenvalue weighted by molar-refractivity contribution is 0.659. The van der Waals surface area contributed by atoms with E-state index in [1.165, 1.54) is 0 Å². The van der Waals surface area contributed by atoms with Crippen molar-refractivity contribution in [3.8, 4) is 0 Å². The van der Waals surface area contributed by atoms with Gasteiger partial charge in [-0.2, -0.15) is 0 Å². The normalized spacial score (nSPS) is 10.6. The molecule has 0 saturated heterocycles. The Bertz CT molecular complexity index is 483. The summed E-state index contributed by atoms with van der Waals surface area (Å²) in [6, 6.07) is 1.79. The average molecular weight is 266 g/mol. The summed E-state index contributed by atoms with van der Waals surface area (Å²) in [7, 11) is 0. The van der Waals surface area contributed by atoms with E-state index in [4.69, 9.17) is 11.6 Å². The monoisotopic (exact) mass is 265 g/mol. The van der Waals surface area contributed by atoms with Gasteiger partial charge in [0, 0.05) is 31.2 Å². The molecule has 18 heavy (non-hydrogen) atoms. The van der Waals surface area contributed by atoms with E-state index in [-0.39, 0.29) is 0 Å². The van der Waals surface area contributed by atoms with Crippen LogP contribution >= 0.6 is 11.6 Å². The lowest BCUT2D eigenvalue weighted by atomic mass is 10.3. The van der Waals surface area contributed by atoms with Gasteiger partial charge in [-0.3, -0.25) is 0 Å². The lowest BCUT2D eigenvalue weighted by Gasteiger charge is -2.07. The number of aromatic nitrogens is 4. The molecule has 0 saturated carbocycles. The maximum absolute atomic E-state index is 5.92. The minimum atomic E-state index is 0.485. The van der Waals surface area contributed by atoms with Gasteiger partial charge in [0.25, 0.3) is 0 Å². The molecule has 0 unspecified atom stereocenters. The van der Waals surface area contributed by atoms with Crippen molar-refractivity contribution in [1.29, 1.82) is 0 Å². The maximum Gasteiger partial charge on any atom is 0.224 e. The Labute approximate surface area is 111 Å². The first-order chi connectivity index (χ1) is 8.78. The highest BCUT2D eigenvalue weighted by molar-refractivity contribution is 6.29. The molecule has 0 spiro atoms. The van der Waals surface area contributed by atoms with Gasteiger partial charge in [0.05, 0.1) is 6.33 Å². The Morgan fingerprint density at radius 2 is 2.28 bits per heavy atom. The first kappa shape index (κ1) is 12.8. The van der Waals surface area contributed by atoms with E-state index in [0.717, 1.165) is 31.6 Å². The standard InChI is InChI=1S/C12H16ClN5/c1-2-10-8-11(13)17-12(16-10)15-4-3-6-18-7-5-14-9-18/h5,7-9H,2-4,6H2,1H3,(H,15,16,17). The van der Waals surface area contributed by atoms with Crippen molar-refractivity contribution in [2.45, 2.75) is 26.3 Å². The van der Waals surface area contributed by atoms with E-state index in [2.05, 4.69) is 20.3 Å². The Kier molecular flexibility index (Phi) is 4.52. The number of halogens is 1. The number of imidazole rings is 1. The topological polar surface area (TPSA) is 55.6 Å². The van der Waals surface area contributed by atoms with Crippen molar-refractivity contribution in [3.05, 3.63) is 35.6 Å². The Hall–Kier alpha value is -1.62. The highest BCUT2D eigenvalue weighted by Gasteiger charge is 2.01. The molecule has 0 fully saturated rings. The van der Waals surface area contributed by atoms with Gasteiger partial charge in [-0.1, -0.05) is 18.5 Å². The molecule has 0 radical (unpaired) electrons. The van der Waals surface area contributed by atoms with Crippen LogP contribution < -0.4 is 5.32 Å². The van der Waals surface area contributed by atoms with Crippen LogP contribution in [0.15, 0.2) is 24.8 Å². The molecule has 0 aliphatic rings. The zero-order valence-corrected chi connectivity index (χ0v) is 11.1. The number of hydrogen-bond acceptors (Lipinski definition) is 4. The largest absolute Gasteiger partial charge is 0.354 e. The average Bonchev–Trinajstić information content (AvgIpc) is 2.87. The number of aryl methyl sites for hydroxylation is 2. The molecule has 0 bridgehead atoms. The molecule has 96 valence electrons. The summed E-state index contributed by atoms with van der Waals surface area (Å²) in [6.45, 7) is 3.78. The first-order valence-corrected chi connectivity index (χ1v) is 6.39. The molecular formula is C12H16ClN5. The predicted octanol–water partition coefficient (Wildman–Crippen LogP) is 2.39. The lowest BCUT2D eigenvalue weighted by Crippen LogP contribution is -2.09. The Morgan fingerprint density at radius 3 is 3.00 bits per heavy atom. The second-order valence-corrected chi connectivity index (χ2v) is 4.33. The third kappa shape index (κ3) is 3.70. The molecule has 6 heteroatoms. The van der Waals surface area contributed by atoms with Crippen molar-refractivity contribution in [1.82, 2.24) is 19.5 Å². The molecular weight excluding hydrogens is 250 g/mol. The van der Waals surface area contributed by atoms with Gasteiger partial charge in [-0.25, -0.2) is 15.0 Å². The minimum absolute atomic E-state index is 0.485. The van der Waals surface area contributed by atoms with Gasteiger partial charge in [-0.05, 0) is 18.9 Å². The van der Waals surface area contributed by atoms with E-state index in [0.29, 0.717) is 11.1 Å². The maximum atomic E-state index is 5.92. The van der Waals surface area contributed by atoms with E-state index in [1.807, 2.05) is 24.0 Å². The van der Waals surface area contributed by atoms with Crippen molar-refractivity contribution >= 4 is 17.5 Å². The van der Waals surface area contributed by atoms with Crippen molar-refractivity contribution < 1.29 is 0 Å². The summed E-state index contributed by atoms with van der Waals surface area (Å²) in [5.41, 5.74) is 0.951. The van der Waals surface area contributed by atoms with Crippen LogP contribution in [-0.2, 0) is 13.0 Å². The fourth-order valence-electron chi connectivity index (χ4n) is 1.61. The van der Waals surface area contributed by atoms with Crippen LogP contribution in [0.4, 0.5) is 5.95 Å². The van der Waals surface area contributed by atoms with Crippen LogP contribution in [0.3, 0.4) is 0 Å². The molecule has 0 aliphatic carbocycles. The van der Waals surface area contributed by atoms with E-state index < -0.39 is 0 Å². The SMILES string of the molecule is CCc1cc(Cl)nc(NCCCn2ccnc2)n1. The quantitative estimate of drug-likeness (QED) is 0.644. The van der Waals surface area contributed by atoms with Gasteiger partial charge < -0.3 is 9.88 Å². The number of rotatable bonds is 6. The van der Waals surface area contributed by atoms with E-state index >= 15 is 0 Å². The molecule has 2 heterocycles. The van der Waals surface area contributed by atoms with Gasteiger partial charge in [0.2, 0.25) is 5.95 Å². The second kappa shape index (κ2) is 6.35. The number of anilines is 1. The molecule has 2 rings (SSSR count). The molecule has 0 atom stereocenters. The van der Waals surface area contributed by atoms with E-state index in [9.17, 15) is 0 Å². The fraction of sp³-hybridized carbons (Fsp3) is 0.417. The van der Waals surface area contributed by atoms with Crippen molar-refractivity contribution in [3.63, 3.8) is 0 Å². The van der Waals surface area contributed by atoms with Gasteiger partial charge in [-0.15, -0.1) is 0 Å². The zero-order chi connectivity index (χ0) is 12.8. The molecule has 5 nitrogen and oxygen atoms in total. The molecule has 2 aromatic rings. The highest BCUT2D eigenvalue weighted by Crippen LogP contribution is 2.10. The first-order valence-electron chi connectivity index (χ1n) is 6.01. The number of nitrogens with one attached hydrogen (secondary N) is 1. The van der Waals surface area contributed by atoms with Crippen LogP contribution in [0.25, 0.3) is 0 Å². The zero-order valence-electron chi connectivity index (χ0n) is 10.3. The Morgan fingerprint density at radius 1 is 1.39 bits per heavy atom. The van der Waals surface area contributed by atoms with Gasteiger partial charge in [0.15, 0.2) is 0 Å². The summed E-state index contributed by atoms with van der Waals surface area (Å²) in [4.78, 5) is 12.5. The minimum Gasteiger partial charge on any atom is -0.354 e. The third-order valence-corrected chi connectivity index (χ3v) is 2.74. The summed E-state index contributed by atoms with van der Waals surface area (Å²) >= 11 is 5.92. The van der Waals surface area contributed by atoms with Crippen LogP contribution in [0.5, 0.6) is 0 Å². The number of hydrogen-bond donors (Lipinski definition) is 1. The van der Waals surface area contributed by atoms with Crippen molar-refractivity contribution in [2.24, 2.45) is 0 Å². The fourth-order valence-corrected chi connectivity index (χ4v) is 1.81. The van der Waals surface area contributed by atoms with E-state index in [1.54, 1.807) is 12.3 Å². The Balaban J connectivity index is 1.81. The summed E-state index contributed by atoms with van der Waals surface area (Å²) < 4.78 is 2.04. The molecule has 1 N–H and O–H groups in total. The van der Waals surface area contributed by atoms with Gasteiger partial charge >= 0.3 is 0 Å². The number of nitrogens with zero attached hydrogens (tertiary/aromatic N) is 4. The van der Waals surface area contributed by atoms with Crippen molar-refractivity contribution in [2.75, 3.05) is 11.9 Å². The molecule has 0 amide bonds. The summed E-state index contributed by atoms with van der Waals surface area (Å²) in [5.74, 6) is 0.602. The highest BCUT2D eigenvalue weighted by atomic mass is 35.5. The molecule has 0 aliphatic heterocycles. The summed E-state index contributed by atoms with van der Waals surface area (Å²) in [6.07, 6.45) is 7.37. The smallest absolute Gasteiger partial charge is 0.224 e. The van der Waals surface area contributed by atoms with Crippen LogP contribution in [0.1, 0.15) is 19.0 Å². The third-order valence-electron chi connectivity index (χ3n) is 2.55. The van der Waals surface area contributed by atoms with Crippen LogP contribution in [-0.4, -0.2) is 26.1 Å². The van der Waals surface area contributed by atoms with Crippen LogP contribution in [0, 0.1) is 0 Å².